The van der Waals surface area contributed by atoms with Crippen LogP contribution in [0.5, 0.6) is 0 Å². The van der Waals surface area contributed by atoms with Crippen molar-refractivity contribution in [1.82, 2.24) is 9.97 Å². The number of ketones is 1. The molecule has 0 amide bonds. The molecule has 4 rings (SSSR count). The van der Waals surface area contributed by atoms with Gasteiger partial charge in [0.25, 0.3) is 0 Å². The van der Waals surface area contributed by atoms with Crippen LogP contribution >= 0.6 is 0 Å². The van der Waals surface area contributed by atoms with E-state index in [1.165, 1.54) is 19.2 Å². The summed E-state index contributed by atoms with van der Waals surface area (Å²) in [4.78, 5) is 22.3. The number of alkyl halides is 4. The van der Waals surface area contributed by atoms with E-state index in [0.29, 0.717) is 5.56 Å². The average Bonchev–Trinajstić information content (AvgIpc) is 3.46. The minimum atomic E-state index is -3.52. The van der Waals surface area contributed by atoms with Crippen molar-refractivity contribution in [3.05, 3.63) is 52.0 Å². The third-order valence-electron chi connectivity index (χ3n) is 7.90. The van der Waals surface area contributed by atoms with Crippen molar-refractivity contribution in [2.75, 3.05) is 25.6 Å². The Bertz CT molecular complexity index is 1270. The lowest BCUT2D eigenvalue weighted by Gasteiger charge is -2.32. The Balaban J connectivity index is 1.74. The van der Waals surface area contributed by atoms with Crippen molar-refractivity contribution in [3.63, 3.8) is 0 Å². The molecule has 2 aromatic rings. The molecule has 41 heavy (non-hydrogen) atoms. The van der Waals surface area contributed by atoms with E-state index in [1.807, 2.05) is 0 Å². The number of ether oxygens (including phenoxy) is 3. The van der Waals surface area contributed by atoms with E-state index in [1.54, 1.807) is 26.8 Å². The van der Waals surface area contributed by atoms with Crippen molar-refractivity contribution in [2.24, 2.45) is 5.41 Å². The standard InChI is InChI=1S/C29H37F4N3O5/c1-15-18(8-7-9-19(15)29(32,33)27(4,5)38)16(2)34-24-21(25-40-12-13-41-25)22(35-17(3)36-24)23(39-6)20(37)14-28(10-11-28)26(30)31/h7-9,16,23,25-26,38H,10-14H2,1-6H3,(H,34,35,36)/t16-,23?/m1/s1. The van der Waals surface area contributed by atoms with Crippen LogP contribution in [0, 0.1) is 19.3 Å². The van der Waals surface area contributed by atoms with Gasteiger partial charge in [-0.05, 0) is 58.6 Å². The Hall–Kier alpha value is -2.67. The number of methoxy groups -OCH3 is 1. The van der Waals surface area contributed by atoms with Gasteiger partial charge in [0.05, 0.1) is 30.5 Å². The summed E-state index contributed by atoms with van der Waals surface area (Å²) >= 11 is 0. The Labute approximate surface area is 236 Å². The molecule has 226 valence electrons. The van der Waals surface area contributed by atoms with E-state index in [2.05, 4.69) is 15.3 Å². The van der Waals surface area contributed by atoms with Crippen molar-refractivity contribution < 1.29 is 41.7 Å². The van der Waals surface area contributed by atoms with E-state index in [0.717, 1.165) is 13.8 Å². The fraction of sp³-hybridized carbons (Fsp3) is 0.621. The molecule has 2 heterocycles. The molecular formula is C29H37F4N3O5. The molecule has 1 aromatic carbocycles. The van der Waals surface area contributed by atoms with E-state index in [9.17, 15) is 18.7 Å². The minimum Gasteiger partial charge on any atom is -0.384 e. The molecule has 1 saturated carbocycles. The number of aryl methyl sites for hydroxylation is 1. The van der Waals surface area contributed by atoms with Crippen molar-refractivity contribution >= 4 is 11.6 Å². The van der Waals surface area contributed by atoms with Crippen LogP contribution in [0.1, 0.15) is 92.2 Å². The number of hydrogen-bond acceptors (Lipinski definition) is 8. The van der Waals surface area contributed by atoms with Gasteiger partial charge in [-0.1, -0.05) is 18.2 Å². The van der Waals surface area contributed by atoms with Crippen LogP contribution in [0.4, 0.5) is 23.4 Å². The molecule has 8 nitrogen and oxygen atoms in total. The van der Waals surface area contributed by atoms with Gasteiger partial charge in [-0.3, -0.25) is 4.79 Å². The van der Waals surface area contributed by atoms with Gasteiger partial charge in [0.1, 0.15) is 17.2 Å². The highest BCUT2D eigenvalue weighted by Gasteiger charge is 2.53. The molecule has 1 aromatic heterocycles. The van der Waals surface area contributed by atoms with Crippen LogP contribution in [-0.2, 0) is 24.9 Å². The number of carbonyl (C=O) groups is 1. The molecule has 1 aliphatic heterocycles. The summed E-state index contributed by atoms with van der Waals surface area (Å²) in [6.45, 7) is 7.55. The predicted octanol–water partition coefficient (Wildman–Crippen LogP) is 5.87. The number of nitrogens with one attached hydrogen (secondary N) is 1. The second-order valence-corrected chi connectivity index (χ2v) is 11.4. The SMILES string of the molecule is COC(C(=O)CC1(C(F)F)CC1)c1nc(C)nc(N[C@H](C)c2cccc(C(F)(F)C(C)(C)O)c2C)c1C1OCCO1. The van der Waals surface area contributed by atoms with Crippen molar-refractivity contribution in [2.45, 2.75) is 90.3 Å². The summed E-state index contributed by atoms with van der Waals surface area (Å²) < 4.78 is 74.5. The smallest absolute Gasteiger partial charge is 0.300 e. The van der Waals surface area contributed by atoms with Gasteiger partial charge in [0, 0.05) is 24.5 Å². The van der Waals surface area contributed by atoms with Crippen LogP contribution in [0.3, 0.4) is 0 Å². The van der Waals surface area contributed by atoms with Gasteiger partial charge in [0.15, 0.2) is 18.2 Å². The first-order valence-electron chi connectivity index (χ1n) is 13.5. The van der Waals surface area contributed by atoms with E-state index >= 15 is 8.78 Å². The number of Topliss-reactive ketones (excluding diaryl/α,β-unsaturated/α-hetero) is 1. The van der Waals surface area contributed by atoms with E-state index in [4.69, 9.17) is 14.2 Å². The lowest BCUT2D eigenvalue weighted by atomic mass is 9.87. The molecule has 2 N–H and O–H groups in total. The van der Waals surface area contributed by atoms with Crippen molar-refractivity contribution in [1.29, 1.82) is 0 Å². The second-order valence-electron chi connectivity index (χ2n) is 11.4. The predicted molar refractivity (Wildman–Crippen MR) is 142 cm³/mol. The topological polar surface area (TPSA) is 103 Å². The summed E-state index contributed by atoms with van der Waals surface area (Å²) in [5, 5.41) is 13.4. The lowest BCUT2D eigenvalue weighted by molar-refractivity contribution is -0.168. The molecule has 1 aliphatic carbocycles. The van der Waals surface area contributed by atoms with Crippen LogP contribution in [0.15, 0.2) is 18.2 Å². The number of hydrogen-bond donors (Lipinski definition) is 2. The third-order valence-corrected chi connectivity index (χ3v) is 7.90. The molecule has 1 saturated heterocycles. The normalized spacial score (nSPS) is 18.9. The molecule has 2 aliphatic rings. The Kier molecular flexibility index (Phi) is 8.80. The highest BCUT2D eigenvalue weighted by atomic mass is 19.3. The van der Waals surface area contributed by atoms with Gasteiger partial charge < -0.3 is 24.6 Å². The maximum absolute atomic E-state index is 15.1. The maximum Gasteiger partial charge on any atom is 0.300 e. The number of nitrogens with zero attached hydrogens (tertiary/aromatic N) is 2. The van der Waals surface area contributed by atoms with Crippen LogP contribution < -0.4 is 5.32 Å². The zero-order chi connectivity index (χ0) is 30.3. The number of aromatic nitrogens is 2. The quantitative estimate of drug-likeness (QED) is 0.299. The summed E-state index contributed by atoms with van der Waals surface area (Å²) in [6.07, 6.45) is -4.72. The summed E-state index contributed by atoms with van der Waals surface area (Å²) in [7, 11) is 1.30. The van der Waals surface area contributed by atoms with Gasteiger partial charge in [-0.25, -0.2) is 18.7 Å². The zero-order valence-corrected chi connectivity index (χ0v) is 24.1. The number of aliphatic hydroxyl groups is 1. The van der Waals surface area contributed by atoms with Crippen molar-refractivity contribution in [3.8, 4) is 0 Å². The monoisotopic (exact) mass is 583 g/mol. The second kappa shape index (κ2) is 11.5. The largest absolute Gasteiger partial charge is 0.384 e. The first kappa shape index (κ1) is 31.3. The number of benzene rings is 1. The fourth-order valence-corrected chi connectivity index (χ4v) is 5.21. The zero-order valence-electron chi connectivity index (χ0n) is 24.1. The highest BCUT2D eigenvalue weighted by Crippen LogP contribution is 2.54. The lowest BCUT2D eigenvalue weighted by Crippen LogP contribution is -2.40. The molecule has 0 bridgehead atoms. The Morgan fingerprint density at radius 2 is 1.83 bits per heavy atom. The van der Waals surface area contributed by atoms with Gasteiger partial charge in [0.2, 0.25) is 6.43 Å². The first-order chi connectivity index (χ1) is 19.1. The molecule has 2 fully saturated rings. The third kappa shape index (κ3) is 6.11. The van der Waals surface area contributed by atoms with E-state index in [-0.39, 0.29) is 66.5 Å². The Morgan fingerprint density at radius 3 is 2.37 bits per heavy atom. The Morgan fingerprint density at radius 1 is 1.20 bits per heavy atom. The molecule has 1 unspecified atom stereocenters. The van der Waals surface area contributed by atoms with Gasteiger partial charge in [-0.2, -0.15) is 8.78 Å². The van der Waals surface area contributed by atoms with Crippen LogP contribution in [0.2, 0.25) is 0 Å². The summed E-state index contributed by atoms with van der Waals surface area (Å²) in [5.74, 6) is -3.57. The molecule has 12 heteroatoms. The fourth-order valence-electron chi connectivity index (χ4n) is 5.21. The maximum atomic E-state index is 15.1. The minimum absolute atomic E-state index is 0.135. The van der Waals surface area contributed by atoms with Gasteiger partial charge in [-0.15, -0.1) is 0 Å². The summed E-state index contributed by atoms with van der Waals surface area (Å²) in [5.41, 5.74) is -2.73. The summed E-state index contributed by atoms with van der Waals surface area (Å²) in [6, 6.07) is 3.88. The van der Waals surface area contributed by atoms with Gasteiger partial charge >= 0.3 is 5.92 Å². The number of rotatable bonds is 12. The van der Waals surface area contributed by atoms with E-state index < -0.39 is 47.6 Å². The molecule has 0 spiro atoms. The number of carbonyl (C=O) groups excluding carboxylic acids is 1. The average molecular weight is 584 g/mol. The molecule has 2 atom stereocenters. The first-order valence-corrected chi connectivity index (χ1v) is 13.5. The number of halogens is 4. The van der Waals surface area contributed by atoms with Crippen LogP contribution in [0.25, 0.3) is 0 Å². The molecule has 0 radical (unpaired) electrons. The number of anilines is 1. The molecular weight excluding hydrogens is 546 g/mol. The van der Waals surface area contributed by atoms with Crippen LogP contribution in [-0.4, -0.2) is 53.2 Å². The highest BCUT2D eigenvalue weighted by molar-refractivity contribution is 5.85.